The van der Waals surface area contributed by atoms with E-state index in [0.29, 0.717) is 37.7 Å². The number of fused-ring (bicyclic) bond motifs is 1. The van der Waals surface area contributed by atoms with Gasteiger partial charge >= 0.3 is 0 Å². The van der Waals surface area contributed by atoms with Crippen molar-refractivity contribution in [2.75, 3.05) is 19.8 Å². The van der Waals surface area contributed by atoms with E-state index in [0.717, 1.165) is 23.3 Å². The summed E-state index contributed by atoms with van der Waals surface area (Å²) in [4.78, 5) is 12.5. The summed E-state index contributed by atoms with van der Waals surface area (Å²) < 4.78 is 10.9. The largest absolute Gasteiger partial charge is 0.493 e. The number of hydrogen-bond acceptors (Lipinski definition) is 4. The molecule has 2 N–H and O–H groups in total. The van der Waals surface area contributed by atoms with Gasteiger partial charge in [0.2, 0.25) is 0 Å². The molecule has 1 aromatic carbocycles. The summed E-state index contributed by atoms with van der Waals surface area (Å²) >= 11 is 6.11. The Morgan fingerprint density at radius 2 is 2.05 bits per heavy atom. The quantitative estimate of drug-likeness (QED) is 0.925. The summed E-state index contributed by atoms with van der Waals surface area (Å²) in [7, 11) is 0. The van der Waals surface area contributed by atoms with Crippen LogP contribution in [-0.4, -0.2) is 31.1 Å². The van der Waals surface area contributed by atoms with Crippen LogP contribution in [0.3, 0.4) is 0 Å². The molecule has 0 bridgehead atoms. The van der Waals surface area contributed by atoms with Gasteiger partial charge < -0.3 is 15.2 Å². The number of Topliss-reactive ketones (excluding diaryl/α,β-unsaturated/α-hetero) is 1. The third-order valence-corrected chi connectivity index (χ3v) is 4.33. The Morgan fingerprint density at radius 1 is 1.30 bits per heavy atom. The first-order chi connectivity index (χ1) is 9.58. The average Bonchev–Trinajstić information content (AvgIpc) is 2.87. The zero-order valence-electron chi connectivity index (χ0n) is 11.3. The van der Waals surface area contributed by atoms with Crippen molar-refractivity contribution in [1.29, 1.82) is 0 Å². The maximum atomic E-state index is 12.5. The van der Waals surface area contributed by atoms with E-state index >= 15 is 0 Å². The average molecular weight is 296 g/mol. The summed E-state index contributed by atoms with van der Waals surface area (Å²) in [5.41, 5.74) is 7.39. The molecule has 5 heteroatoms. The first-order valence-corrected chi connectivity index (χ1v) is 7.30. The van der Waals surface area contributed by atoms with Crippen molar-refractivity contribution in [3.05, 3.63) is 28.3 Å². The molecule has 0 aromatic heterocycles. The predicted molar refractivity (Wildman–Crippen MR) is 76.3 cm³/mol. The van der Waals surface area contributed by atoms with Crippen LogP contribution in [0.1, 0.15) is 24.0 Å². The van der Waals surface area contributed by atoms with Crippen LogP contribution >= 0.6 is 11.6 Å². The van der Waals surface area contributed by atoms with Crippen LogP contribution in [0.2, 0.25) is 5.02 Å². The lowest BCUT2D eigenvalue weighted by atomic mass is 9.83. The van der Waals surface area contributed by atoms with Gasteiger partial charge in [-0.15, -0.1) is 0 Å². The molecule has 108 valence electrons. The first kappa shape index (κ1) is 13.9. The summed E-state index contributed by atoms with van der Waals surface area (Å²) in [5, 5.41) is 0.648. The molecular formula is C15H18ClNO3. The number of carbonyl (C=O) groups excluding carboxylic acids is 1. The highest BCUT2D eigenvalue weighted by Crippen LogP contribution is 2.34. The monoisotopic (exact) mass is 295 g/mol. The zero-order valence-corrected chi connectivity index (χ0v) is 12.0. The third-order valence-electron chi connectivity index (χ3n) is 4.12. The molecule has 1 saturated heterocycles. The maximum Gasteiger partial charge on any atom is 0.157 e. The van der Waals surface area contributed by atoms with Gasteiger partial charge in [0.25, 0.3) is 0 Å². The van der Waals surface area contributed by atoms with Gasteiger partial charge in [-0.25, -0.2) is 0 Å². The second-order valence-corrected chi connectivity index (χ2v) is 5.96. The van der Waals surface area contributed by atoms with Gasteiger partial charge in [-0.05, 0) is 30.5 Å². The second-order valence-electron chi connectivity index (χ2n) is 5.52. The van der Waals surface area contributed by atoms with Crippen LogP contribution in [0.5, 0.6) is 5.75 Å². The molecule has 0 radical (unpaired) electrons. The molecule has 0 unspecified atom stereocenters. The molecule has 0 saturated carbocycles. The van der Waals surface area contributed by atoms with Gasteiger partial charge in [0.1, 0.15) is 5.75 Å². The summed E-state index contributed by atoms with van der Waals surface area (Å²) in [6.45, 7) is 1.75. The molecule has 2 aliphatic rings. The fourth-order valence-corrected chi connectivity index (χ4v) is 3.10. The van der Waals surface area contributed by atoms with E-state index in [-0.39, 0.29) is 12.2 Å². The van der Waals surface area contributed by atoms with Gasteiger partial charge in [-0.1, -0.05) is 11.6 Å². The molecular weight excluding hydrogens is 278 g/mol. The van der Waals surface area contributed by atoms with Crippen LogP contribution in [0, 0.1) is 0 Å². The Balaban J connectivity index is 1.83. The van der Waals surface area contributed by atoms with Gasteiger partial charge in [-0.3, -0.25) is 4.79 Å². The number of halogens is 1. The first-order valence-electron chi connectivity index (χ1n) is 6.92. The molecule has 0 aliphatic carbocycles. The topological polar surface area (TPSA) is 61.6 Å². The predicted octanol–water partition coefficient (Wildman–Crippen LogP) is 1.89. The molecule has 2 heterocycles. The van der Waals surface area contributed by atoms with Crippen LogP contribution < -0.4 is 10.5 Å². The van der Waals surface area contributed by atoms with Crippen LogP contribution in [0.4, 0.5) is 0 Å². The van der Waals surface area contributed by atoms with E-state index in [4.69, 9.17) is 26.8 Å². The summed E-state index contributed by atoms with van der Waals surface area (Å²) in [5.74, 6) is 0.860. The molecule has 2 aliphatic heterocycles. The Morgan fingerprint density at radius 3 is 2.80 bits per heavy atom. The number of nitrogens with two attached hydrogens (primary N) is 1. The number of hydrogen-bond donors (Lipinski definition) is 1. The van der Waals surface area contributed by atoms with Crippen LogP contribution in [0.15, 0.2) is 12.1 Å². The molecule has 4 nitrogen and oxygen atoms in total. The second kappa shape index (κ2) is 5.35. The normalized spacial score (nSPS) is 20.3. The van der Waals surface area contributed by atoms with Crippen molar-refractivity contribution in [2.45, 2.75) is 31.2 Å². The lowest BCUT2D eigenvalue weighted by molar-refractivity contribution is -0.126. The van der Waals surface area contributed by atoms with Crippen molar-refractivity contribution in [2.24, 2.45) is 5.73 Å². The van der Waals surface area contributed by atoms with E-state index in [1.807, 2.05) is 12.1 Å². The van der Waals surface area contributed by atoms with Crippen molar-refractivity contribution in [1.82, 2.24) is 0 Å². The number of ether oxygens (including phenoxy) is 2. The van der Waals surface area contributed by atoms with Crippen LogP contribution in [-0.2, 0) is 22.4 Å². The van der Waals surface area contributed by atoms with E-state index < -0.39 is 5.54 Å². The maximum absolute atomic E-state index is 12.5. The minimum atomic E-state index is -0.772. The summed E-state index contributed by atoms with van der Waals surface area (Å²) in [6.07, 6.45) is 2.28. The van der Waals surface area contributed by atoms with Gasteiger partial charge in [-0.2, -0.15) is 0 Å². The Labute approximate surface area is 123 Å². The molecule has 1 fully saturated rings. The minimum Gasteiger partial charge on any atom is -0.493 e. The van der Waals surface area contributed by atoms with E-state index in [1.54, 1.807) is 0 Å². The number of rotatable bonds is 3. The van der Waals surface area contributed by atoms with Gasteiger partial charge in [0.15, 0.2) is 5.78 Å². The fourth-order valence-electron chi connectivity index (χ4n) is 2.84. The minimum absolute atomic E-state index is 0.0424. The van der Waals surface area contributed by atoms with Crippen LogP contribution in [0.25, 0.3) is 0 Å². The number of carbonyl (C=O) groups is 1. The fraction of sp³-hybridized carbons (Fsp3) is 0.533. The Kier molecular flexibility index (Phi) is 3.71. The number of ketones is 1. The van der Waals surface area contributed by atoms with E-state index in [9.17, 15) is 4.79 Å². The van der Waals surface area contributed by atoms with Gasteiger partial charge in [0, 0.05) is 36.6 Å². The number of benzene rings is 1. The van der Waals surface area contributed by atoms with E-state index in [2.05, 4.69) is 0 Å². The lowest BCUT2D eigenvalue weighted by Crippen LogP contribution is -2.52. The molecule has 0 amide bonds. The highest BCUT2D eigenvalue weighted by molar-refractivity contribution is 6.30. The van der Waals surface area contributed by atoms with Gasteiger partial charge in [0.05, 0.1) is 12.1 Å². The van der Waals surface area contributed by atoms with Crippen molar-refractivity contribution < 1.29 is 14.3 Å². The Hall–Kier alpha value is -1.10. The lowest BCUT2D eigenvalue weighted by Gasteiger charge is -2.32. The highest BCUT2D eigenvalue weighted by Gasteiger charge is 2.36. The van der Waals surface area contributed by atoms with Crippen molar-refractivity contribution in [3.63, 3.8) is 0 Å². The molecule has 0 atom stereocenters. The Bertz CT molecular complexity index is 538. The molecule has 20 heavy (non-hydrogen) atoms. The summed E-state index contributed by atoms with van der Waals surface area (Å²) in [6, 6.07) is 3.72. The van der Waals surface area contributed by atoms with Crippen molar-refractivity contribution >= 4 is 17.4 Å². The SMILES string of the molecule is NC1(C(=O)Cc2cc(Cl)cc3c2OCC3)CCOCC1. The third kappa shape index (κ3) is 2.55. The smallest absolute Gasteiger partial charge is 0.157 e. The standard InChI is InChI=1S/C15H18ClNO3/c16-12-7-10-1-4-20-14(10)11(8-12)9-13(18)15(17)2-5-19-6-3-15/h7-8H,1-6,9,17H2. The molecule has 0 spiro atoms. The molecule has 3 rings (SSSR count). The van der Waals surface area contributed by atoms with E-state index in [1.165, 1.54) is 0 Å². The van der Waals surface area contributed by atoms with Crippen molar-refractivity contribution in [3.8, 4) is 5.75 Å². The zero-order chi connectivity index (χ0) is 14.2. The highest BCUT2D eigenvalue weighted by atomic mass is 35.5. The molecule has 1 aromatic rings.